The minimum Gasteiger partial charge on any atom is -0.353 e. The fourth-order valence-electron chi connectivity index (χ4n) is 1.64. The molecule has 1 aromatic heterocycles. The van der Waals surface area contributed by atoms with E-state index < -0.39 is 0 Å². The molecule has 1 heterocycles. The monoisotopic (exact) mass is 209 g/mol. The number of nitrogens with two attached hydrogens (primary N) is 1. The van der Waals surface area contributed by atoms with Gasteiger partial charge in [0, 0.05) is 18.5 Å². The van der Waals surface area contributed by atoms with Gasteiger partial charge >= 0.3 is 0 Å². The summed E-state index contributed by atoms with van der Waals surface area (Å²) in [6.07, 6.45) is 5.30. The summed E-state index contributed by atoms with van der Waals surface area (Å²) in [5.41, 5.74) is 5.62. The fourth-order valence-corrected chi connectivity index (χ4v) is 1.64. The zero-order valence-corrected chi connectivity index (χ0v) is 8.47. The van der Waals surface area contributed by atoms with Gasteiger partial charge in [-0.1, -0.05) is 0 Å². The third-order valence-corrected chi connectivity index (χ3v) is 2.57. The second-order valence-electron chi connectivity index (χ2n) is 3.90. The highest BCUT2D eigenvalue weighted by Crippen LogP contribution is 2.17. The van der Waals surface area contributed by atoms with Gasteiger partial charge in [-0.25, -0.2) is 4.98 Å². The van der Waals surface area contributed by atoms with Crippen LogP contribution < -0.4 is 11.1 Å². The summed E-state index contributed by atoms with van der Waals surface area (Å²) in [7, 11) is 0. The molecule has 1 aliphatic rings. The summed E-state index contributed by atoms with van der Waals surface area (Å²) in [6.45, 7) is 0.574. The number of nitrogens with one attached hydrogen (secondary N) is 1. The normalized spacial score (nSPS) is 24.6. The smallest absolute Gasteiger partial charge is 0.222 e. The second kappa shape index (κ2) is 4.39. The van der Waals surface area contributed by atoms with E-state index in [4.69, 9.17) is 5.73 Å². The number of rotatable bonds is 4. The molecule has 6 heteroatoms. The number of nitrogens with zero attached hydrogens (tertiary/aromatic N) is 3. The Hall–Kier alpha value is -1.43. The number of aromatic nitrogens is 3. The maximum Gasteiger partial charge on any atom is 0.222 e. The molecule has 1 amide bonds. The molecule has 0 spiro atoms. The van der Waals surface area contributed by atoms with Crippen LogP contribution in [0.5, 0.6) is 0 Å². The molecule has 1 aromatic rings. The number of hydrogen-bond donors (Lipinski definition) is 2. The Kier molecular flexibility index (Phi) is 2.96. The van der Waals surface area contributed by atoms with E-state index in [1.54, 1.807) is 11.0 Å². The summed E-state index contributed by atoms with van der Waals surface area (Å²) in [6, 6.07) is 0.550. The van der Waals surface area contributed by atoms with E-state index in [2.05, 4.69) is 15.4 Å². The number of hydrogen-bond acceptors (Lipinski definition) is 4. The van der Waals surface area contributed by atoms with Gasteiger partial charge in [0.15, 0.2) is 0 Å². The van der Waals surface area contributed by atoms with E-state index in [0.29, 0.717) is 13.0 Å². The van der Waals surface area contributed by atoms with Crippen molar-refractivity contribution in [2.24, 2.45) is 5.73 Å². The Morgan fingerprint density at radius 3 is 3.00 bits per heavy atom. The zero-order chi connectivity index (χ0) is 10.7. The number of carbonyl (C=O) groups is 1. The molecule has 0 saturated heterocycles. The molecule has 1 fully saturated rings. The quantitative estimate of drug-likeness (QED) is 0.685. The van der Waals surface area contributed by atoms with Crippen molar-refractivity contribution in [3.63, 3.8) is 0 Å². The topological polar surface area (TPSA) is 85.8 Å². The van der Waals surface area contributed by atoms with Crippen LogP contribution in [0.25, 0.3) is 0 Å². The predicted molar refractivity (Wildman–Crippen MR) is 53.8 cm³/mol. The fraction of sp³-hybridized carbons (Fsp3) is 0.667. The van der Waals surface area contributed by atoms with Crippen molar-refractivity contribution in [2.45, 2.75) is 37.9 Å². The molecule has 0 bridgehead atoms. The SMILES string of the molecule is NC1CC(NC(=O)CCn2cncn2)C1. The van der Waals surface area contributed by atoms with Crippen LogP contribution in [0.4, 0.5) is 0 Å². The van der Waals surface area contributed by atoms with Crippen LogP contribution in [-0.2, 0) is 11.3 Å². The Labute approximate surface area is 87.9 Å². The maximum absolute atomic E-state index is 11.4. The van der Waals surface area contributed by atoms with Gasteiger partial charge in [0.1, 0.15) is 12.7 Å². The standard InChI is InChI=1S/C9H15N5O/c10-7-3-8(4-7)13-9(15)1-2-14-6-11-5-12-14/h5-8H,1-4,10H2,(H,13,15). The van der Waals surface area contributed by atoms with Crippen LogP contribution in [0, 0.1) is 0 Å². The Morgan fingerprint density at radius 1 is 1.60 bits per heavy atom. The van der Waals surface area contributed by atoms with E-state index in [-0.39, 0.29) is 18.0 Å². The third kappa shape index (κ3) is 2.76. The highest BCUT2D eigenvalue weighted by atomic mass is 16.1. The minimum absolute atomic E-state index is 0.0578. The average molecular weight is 209 g/mol. The first-order valence-electron chi connectivity index (χ1n) is 5.11. The van der Waals surface area contributed by atoms with Gasteiger partial charge in [-0.15, -0.1) is 0 Å². The lowest BCUT2D eigenvalue weighted by molar-refractivity contribution is -0.122. The molecule has 15 heavy (non-hydrogen) atoms. The van der Waals surface area contributed by atoms with Crippen LogP contribution in [0.15, 0.2) is 12.7 Å². The van der Waals surface area contributed by atoms with Gasteiger partial charge in [-0.3, -0.25) is 9.48 Å². The molecule has 1 aliphatic carbocycles. The largest absolute Gasteiger partial charge is 0.353 e. The summed E-state index contributed by atoms with van der Waals surface area (Å²) in [5.74, 6) is 0.0578. The molecule has 6 nitrogen and oxygen atoms in total. The summed E-state index contributed by atoms with van der Waals surface area (Å²) >= 11 is 0. The lowest BCUT2D eigenvalue weighted by Gasteiger charge is -2.32. The van der Waals surface area contributed by atoms with Crippen LogP contribution in [0.2, 0.25) is 0 Å². The highest BCUT2D eigenvalue weighted by Gasteiger charge is 2.26. The van der Waals surface area contributed by atoms with Gasteiger partial charge in [0.05, 0.1) is 6.54 Å². The van der Waals surface area contributed by atoms with Crippen molar-refractivity contribution in [3.05, 3.63) is 12.7 Å². The van der Waals surface area contributed by atoms with Crippen molar-refractivity contribution < 1.29 is 4.79 Å². The summed E-state index contributed by atoms with van der Waals surface area (Å²) in [4.78, 5) is 15.2. The van der Waals surface area contributed by atoms with Crippen molar-refractivity contribution >= 4 is 5.91 Å². The molecule has 3 N–H and O–H groups in total. The molecular formula is C9H15N5O. The lowest BCUT2D eigenvalue weighted by atomic mass is 9.87. The van der Waals surface area contributed by atoms with Crippen molar-refractivity contribution in [2.75, 3.05) is 0 Å². The molecule has 1 saturated carbocycles. The number of amides is 1. The third-order valence-electron chi connectivity index (χ3n) is 2.57. The second-order valence-corrected chi connectivity index (χ2v) is 3.90. The molecule has 0 atom stereocenters. The number of carbonyl (C=O) groups excluding carboxylic acids is 1. The van der Waals surface area contributed by atoms with Crippen molar-refractivity contribution in [1.29, 1.82) is 0 Å². The van der Waals surface area contributed by atoms with Gasteiger partial charge in [-0.2, -0.15) is 5.10 Å². The van der Waals surface area contributed by atoms with E-state index in [9.17, 15) is 4.79 Å². The van der Waals surface area contributed by atoms with E-state index >= 15 is 0 Å². The van der Waals surface area contributed by atoms with Gasteiger partial charge in [0.2, 0.25) is 5.91 Å². The lowest BCUT2D eigenvalue weighted by Crippen LogP contribution is -2.50. The van der Waals surface area contributed by atoms with E-state index in [0.717, 1.165) is 12.8 Å². The highest BCUT2D eigenvalue weighted by molar-refractivity contribution is 5.76. The molecule has 0 aliphatic heterocycles. The van der Waals surface area contributed by atoms with E-state index in [1.807, 2.05) is 0 Å². The predicted octanol–water partition coefficient (Wildman–Crippen LogP) is -0.726. The number of aryl methyl sites for hydroxylation is 1. The molecular weight excluding hydrogens is 194 g/mol. The molecule has 0 radical (unpaired) electrons. The van der Waals surface area contributed by atoms with Crippen LogP contribution >= 0.6 is 0 Å². The van der Waals surface area contributed by atoms with Gasteiger partial charge in [0.25, 0.3) is 0 Å². The first-order chi connectivity index (χ1) is 7.24. The molecule has 0 aromatic carbocycles. The van der Waals surface area contributed by atoms with E-state index in [1.165, 1.54) is 6.33 Å². The summed E-state index contributed by atoms with van der Waals surface area (Å²) in [5, 5.41) is 6.85. The Balaban J connectivity index is 1.65. The van der Waals surface area contributed by atoms with Crippen LogP contribution in [-0.4, -0.2) is 32.8 Å². The first-order valence-corrected chi connectivity index (χ1v) is 5.11. The first kappa shape index (κ1) is 10.1. The van der Waals surface area contributed by atoms with Crippen LogP contribution in [0.1, 0.15) is 19.3 Å². The van der Waals surface area contributed by atoms with Crippen molar-refractivity contribution in [1.82, 2.24) is 20.1 Å². The zero-order valence-electron chi connectivity index (χ0n) is 8.47. The average Bonchev–Trinajstić information content (AvgIpc) is 2.65. The van der Waals surface area contributed by atoms with Gasteiger partial charge in [-0.05, 0) is 12.8 Å². The van der Waals surface area contributed by atoms with Crippen molar-refractivity contribution in [3.8, 4) is 0 Å². The maximum atomic E-state index is 11.4. The Bertz CT molecular complexity index is 317. The summed E-state index contributed by atoms with van der Waals surface area (Å²) < 4.78 is 1.64. The van der Waals surface area contributed by atoms with Gasteiger partial charge < -0.3 is 11.1 Å². The molecule has 0 unspecified atom stereocenters. The van der Waals surface area contributed by atoms with Crippen LogP contribution in [0.3, 0.4) is 0 Å². The Morgan fingerprint density at radius 2 is 2.40 bits per heavy atom. The molecule has 82 valence electrons. The minimum atomic E-state index is 0.0578. The molecule has 2 rings (SSSR count).